The van der Waals surface area contributed by atoms with Crippen molar-refractivity contribution in [3.8, 4) is 0 Å². The van der Waals surface area contributed by atoms with Gasteiger partial charge in [-0.25, -0.2) is 0 Å². The molecule has 0 fully saturated rings. The normalized spacial score (nSPS) is 14.8. The van der Waals surface area contributed by atoms with E-state index >= 15 is 0 Å². The zero-order chi connectivity index (χ0) is 14.8. The molecule has 0 atom stereocenters. The Balaban J connectivity index is -0.000000308. The first-order valence-corrected chi connectivity index (χ1v) is 8.38. The Labute approximate surface area is 175 Å². The molecule has 0 saturated carbocycles. The molecule has 0 aliphatic heterocycles. The van der Waals surface area contributed by atoms with Crippen LogP contribution in [0.4, 0.5) is 0 Å². The fourth-order valence-electron chi connectivity index (χ4n) is 2.62. The molecular weight excluding hydrogens is 490 g/mol. The zero-order valence-corrected chi connectivity index (χ0v) is 20.3. The van der Waals surface area contributed by atoms with Crippen LogP contribution in [0.2, 0.25) is 0 Å². The largest absolute Gasteiger partial charge is 1.00 e. The first kappa shape index (κ1) is 28.2. The van der Waals surface area contributed by atoms with Gasteiger partial charge in [0, 0.05) is 25.8 Å². The van der Waals surface area contributed by atoms with Crippen molar-refractivity contribution in [3.05, 3.63) is 46.6 Å². The number of rotatable bonds is 6. The van der Waals surface area contributed by atoms with Crippen LogP contribution < -0.4 is 24.8 Å². The number of unbranched alkanes of at least 4 members (excludes halogenated alkanes) is 2. The van der Waals surface area contributed by atoms with Crippen molar-refractivity contribution in [1.29, 1.82) is 0 Å². The predicted octanol–water partition coefficient (Wildman–Crippen LogP) is 0.912. The quantitative estimate of drug-likeness (QED) is 0.456. The summed E-state index contributed by atoms with van der Waals surface area (Å²) in [7, 11) is 0. The van der Waals surface area contributed by atoms with Gasteiger partial charge in [-0.1, -0.05) is 73.3 Å². The van der Waals surface area contributed by atoms with Gasteiger partial charge in [0.1, 0.15) is 0 Å². The molecule has 0 amide bonds. The van der Waals surface area contributed by atoms with Crippen LogP contribution in [0.25, 0.3) is 0 Å². The predicted molar refractivity (Wildman–Crippen MR) is 92.0 cm³/mol. The van der Waals surface area contributed by atoms with Crippen LogP contribution in [0.5, 0.6) is 0 Å². The van der Waals surface area contributed by atoms with Gasteiger partial charge in [0.15, 0.2) is 0 Å². The van der Waals surface area contributed by atoms with Gasteiger partial charge < -0.3 is 24.8 Å². The molecule has 23 heavy (non-hydrogen) atoms. The Kier molecular flexibility index (Phi) is 21.2. The van der Waals surface area contributed by atoms with Gasteiger partial charge in [-0.2, -0.15) is 0 Å². The van der Waals surface area contributed by atoms with Crippen LogP contribution in [-0.4, -0.2) is 0 Å². The first-order valence-electron chi connectivity index (χ1n) is 8.38. The van der Waals surface area contributed by atoms with E-state index in [0.717, 1.165) is 0 Å². The summed E-state index contributed by atoms with van der Waals surface area (Å²) in [5.74, 6) is 0. The minimum atomic E-state index is 0. The first-order chi connectivity index (χ1) is 9.65. The molecule has 0 aromatic carbocycles. The number of halogens is 2. The Morgan fingerprint density at radius 1 is 0.739 bits per heavy atom. The Morgan fingerprint density at radius 2 is 1.09 bits per heavy atom. The van der Waals surface area contributed by atoms with Crippen LogP contribution >= 0.6 is 0 Å². The van der Waals surface area contributed by atoms with E-state index in [1.165, 1.54) is 62.5 Å². The summed E-state index contributed by atoms with van der Waals surface area (Å²) >= 11 is 0. The molecule has 3 heteroatoms. The van der Waals surface area contributed by atoms with E-state index in [9.17, 15) is 0 Å². The summed E-state index contributed by atoms with van der Waals surface area (Å²) in [6.07, 6.45) is 19.7. The van der Waals surface area contributed by atoms with Crippen LogP contribution in [0.15, 0.2) is 46.6 Å². The summed E-state index contributed by atoms with van der Waals surface area (Å²) in [4.78, 5) is 0. The van der Waals surface area contributed by atoms with E-state index in [2.05, 4.69) is 52.0 Å². The Hall–Kier alpha value is 0.410. The van der Waals surface area contributed by atoms with Crippen molar-refractivity contribution in [1.82, 2.24) is 0 Å². The second-order valence-electron chi connectivity index (χ2n) is 6.12. The summed E-state index contributed by atoms with van der Waals surface area (Å²) in [5.41, 5.74) is 6.15. The van der Waals surface area contributed by atoms with E-state index in [1.54, 1.807) is 11.1 Å². The zero-order valence-electron chi connectivity index (χ0n) is 15.2. The third-order valence-electron chi connectivity index (χ3n) is 3.94. The number of hydrogen-bond acceptors (Lipinski definition) is 0. The second-order valence-corrected chi connectivity index (χ2v) is 6.12. The average Bonchev–Trinajstić information content (AvgIpc) is 3.03. The van der Waals surface area contributed by atoms with Crippen LogP contribution in [0.3, 0.4) is 0 Å². The van der Waals surface area contributed by atoms with Gasteiger partial charge in [-0.05, 0) is 52.4 Å². The maximum atomic E-state index is 2.33. The molecule has 0 radical (unpaired) electrons. The molecule has 132 valence electrons. The maximum Gasteiger partial charge on any atom is 0 e. The van der Waals surface area contributed by atoms with Gasteiger partial charge in [0.2, 0.25) is 0 Å². The SMILES string of the molecule is CCCCC1=CC(C)=CC1.CCCCC1=CC(C)=CC1.[Cl-].[Cl-].[Hf]. The van der Waals surface area contributed by atoms with Gasteiger partial charge in [-0.15, -0.1) is 0 Å². The Bertz CT molecular complexity index is 377. The molecule has 0 nitrogen and oxygen atoms in total. The monoisotopic (exact) mass is 522 g/mol. The molecule has 0 N–H and O–H groups in total. The summed E-state index contributed by atoms with van der Waals surface area (Å²) in [6, 6.07) is 0. The van der Waals surface area contributed by atoms with Gasteiger partial charge in [-0.3, -0.25) is 0 Å². The average molecular weight is 522 g/mol. The van der Waals surface area contributed by atoms with Crippen molar-refractivity contribution in [2.75, 3.05) is 0 Å². The third kappa shape index (κ3) is 13.4. The molecule has 2 rings (SSSR count). The maximum absolute atomic E-state index is 2.33. The number of allylic oxidation sites excluding steroid dienone is 8. The van der Waals surface area contributed by atoms with Crippen LogP contribution in [0.1, 0.15) is 79.1 Å². The van der Waals surface area contributed by atoms with E-state index in [4.69, 9.17) is 0 Å². The molecule has 2 aliphatic rings. The fraction of sp³-hybridized carbons (Fsp3) is 0.600. The molecule has 0 spiro atoms. The molecule has 0 heterocycles. The van der Waals surface area contributed by atoms with Gasteiger partial charge >= 0.3 is 0 Å². The molecule has 0 saturated heterocycles. The molecule has 0 aromatic rings. The molecule has 2 aliphatic carbocycles. The van der Waals surface area contributed by atoms with E-state index in [1.807, 2.05) is 0 Å². The number of hydrogen-bond donors (Lipinski definition) is 0. The van der Waals surface area contributed by atoms with Gasteiger partial charge in [0.05, 0.1) is 0 Å². The van der Waals surface area contributed by atoms with Crippen molar-refractivity contribution in [3.63, 3.8) is 0 Å². The van der Waals surface area contributed by atoms with Crippen LogP contribution in [0, 0.1) is 0 Å². The molecular formula is C20H32Cl2Hf-2. The Morgan fingerprint density at radius 3 is 1.30 bits per heavy atom. The summed E-state index contributed by atoms with van der Waals surface area (Å²) < 4.78 is 0. The second kappa shape index (κ2) is 17.2. The topological polar surface area (TPSA) is 0 Å². The van der Waals surface area contributed by atoms with Crippen LogP contribution in [-0.2, 0) is 25.8 Å². The minimum absolute atomic E-state index is 0. The minimum Gasteiger partial charge on any atom is -1.00 e. The summed E-state index contributed by atoms with van der Waals surface area (Å²) in [5, 5.41) is 0. The third-order valence-corrected chi connectivity index (χ3v) is 3.94. The van der Waals surface area contributed by atoms with E-state index in [0.29, 0.717) is 0 Å². The smallest absolute Gasteiger partial charge is 0 e. The van der Waals surface area contributed by atoms with Crippen molar-refractivity contribution in [2.45, 2.75) is 79.1 Å². The standard InChI is InChI=1S/2C10H16.2ClH.Hf/c2*1-3-4-5-10-7-6-9(2)8-10;;;/h2*6,8H,3-5,7H2,1-2H3;2*1H;/p-2. The summed E-state index contributed by atoms with van der Waals surface area (Å²) in [6.45, 7) is 8.85. The molecule has 0 aromatic heterocycles. The fourth-order valence-corrected chi connectivity index (χ4v) is 2.62. The van der Waals surface area contributed by atoms with Crippen molar-refractivity contribution < 1.29 is 50.7 Å². The molecule has 0 unspecified atom stereocenters. The van der Waals surface area contributed by atoms with Gasteiger partial charge in [0.25, 0.3) is 0 Å². The van der Waals surface area contributed by atoms with E-state index in [-0.39, 0.29) is 50.7 Å². The molecule has 0 bridgehead atoms. The van der Waals surface area contributed by atoms with E-state index < -0.39 is 0 Å². The van der Waals surface area contributed by atoms with Crippen molar-refractivity contribution in [2.24, 2.45) is 0 Å². The van der Waals surface area contributed by atoms with Crippen molar-refractivity contribution >= 4 is 0 Å².